The zero-order chi connectivity index (χ0) is 21.3. The second kappa shape index (κ2) is 9.13. The maximum absolute atomic E-state index is 13.1. The number of hydrogen-bond acceptors (Lipinski definition) is 3. The first kappa shape index (κ1) is 21.3. The van der Waals surface area contributed by atoms with E-state index in [0.717, 1.165) is 37.4 Å². The molecule has 4 aliphatic rings. The van der Waals surface area contributed by atoms with Gasteiger partial charge in [0.05, 0.1) is 0 Å². The Balaban J connectivity index is 1.15. The summed E-state index contributed by atoms with van der Waals surface area (Å²) in [5.74, 6) is 0.230. The number of likely N-dealkylation sites (tertiary alicyclic amines) is 2. The van der Waals surface area contributed by atoms with E-state index in [2.05, 4.69) is 45.9 Å². The quantitative estimate of drug-likeness (QED) is 0.655. The van der Waals surface area contributed by atoms with Crippen LogP contribution >= 0.6 is 0 Å². The van der Waals surface area contributed by atoms with Crippen LogP contribution in [0.5, 0.6) is 0 Å². The molecule has 1 saturated carbocycles. The van der Waals surface area contributed by atoms with Crippen LogP contribution in [0.15, 0.2) is 24.3 Å². The van der Waals surface area contributed by atoms with Gasteiger partial charge in [-0.15, -0.1) is 0 Å². The molecule has 0 aromatic heterocycles. The Labute approximate surface area is 189 Å². The van der Waals surface area contributed by atoms with Crippen molar-refractivity contribution in [2.75, 3.05) is 37.6 Å². The van der Waals surface area contributed by atoms with Gasteiger partial charge in [0.2, 0.25) is 0 Å². The molecule has 1 atom stereocenters. The lowest BCUT2D eigenvalue weighted by molar-refractivity contribution is 0.0306. The van der Waals surface area contributed by atoms with Gasteiger partial charge in [-0.25, -0.2) is 0 Å². The van der Waals surface area contributed by atoms with Crippen molar-refractivity contribution in [2.45, 2.75) is 89.6 Å². The predicted molar refractivity (Wildman–Crippen MR) is 128 cm³/mol. The SMILES string of the molecule is CCC1CCCCN1C(=O)c1ccc(N2CCC3(CC2)CCN(C2CCC2)CC3)cc1. The second-order valence-electron chi connectivity index (χ2n) is 10.7. The zero-order valence-corrected chi connectivity index (χ0v) is 19.5. The number of hydrogen-bond donors (Lipinski definition) is 0. The average Bonchev–Trinajstić information content (AvgIpc) is 2.80. The van der Waals surface area contributed by atoms with Crippen LogP contribution in [0, 0.1) is 5.41 Å². The summed E-state index contributed by atoms with van der Waals surface area (Å²) in [6.45, 7) is 8.13. The summed E-state index contributed by atoms with van der Waals surface area (Å²) in [7, 11) is 0. The first-order valence-electron chi connectivity index (χ1n) is 13.1. The van der Waals surface area contributed by atoms with E-state index in [-0.39, 0.29) is 5.91 Å². The average molecular weight is 424 g/mol. The Morgan fingerprint density at radius 2 is 1.55 bits per heavy atom. The van der Waals surface area contributed by atoms with Gasteiger partial charge in [-0.3, -0.25) is 4.79 Å². The third-order valence-corrected chi connectivity index (χ3v) is 9.11. The molecule has 1 spiro atoms. The number of anilines is 1. The van der Waals surface area contributed by atoms with Gasteiger partial charge in [-0.1, -0.05) is 13.3 Å². The number of amides is 1. The Morgan fingerprint density at radius 3 is 2.16 bits per heavy atom. The van der Waals surface area contributed by atoms with E-state index in [4.69, 9.17) is 0 Å². The molecule has 1 aromatic rings. The van der Waals surface area contributed by atoms with Crippen LogP contribution in [0.1, 0.15) is 87.9 Å². The Kier molecular flexibility index (Phi) is 6.28. The minimum absolute atomic E-state index is 0.230. The van der Waals surface area contributed by atoms with Crippen LogP contribution < -0.4 is 4.90 Å². The fourth-order valence-corrected chi connectivity index (χ4v) is 6.53. The van der Waals surface area contributed by atoms with Crippen LogP contribution in [0.3, 0.4) is 0 Å². The lowest BCUT2D eigenvalue weighted by atomic mass is 9.70. The second-order valence-corrected chi connectivity index (χ2v) is 10.7. The third kappa shape index (κ3) is 4.37. The monoisotopic (exact) mass is 423 g/mol. The molecule has 5 rings (SSSR count). The predicted octanol–water partition coefficient (Wildman–Crippen LogP) is 5.33. The van der Waals surface area contributed by atoms with Gasteiger partial charge in [-0.2, -0.15) is 0 Å². The molecular weight excluding hydrogens is 382 g/mol. The van der Waals surface area contributed by atoms with Crippen LogP contribution in [0.4, 0.5) is 5.69 Å². The Morgan fingerprint density at radius 1 is 0.871 bits per heavy atom. The third-order valence-electron chi connectivity index (χ3n) is 9.11. The minimum Gasteiger partial charge on any atom is -0.371 e. The highest BCUT2D eigenvalue weighted by Crippen LogP contribution is 2.43. The van der Waals surface area contributed by atoms with Gasteiger partial charge in [0.1, 0.15) is 0 Å². The van der Waals surface area contributed by atoms with E-state index in [1.54, 1.807) is 0 Å². The summed E-state index contributed by atoms with van der Waals surface area (Å²) < 4.78 is 0. The number of carbonyl (C=O) groups is 1. The maximum Gasteiger partial charge on any atom is 0.254 e. The van der Waals surface area contributed by atoms with E-state index in [1.807, 2.05) is 0 Å². The van der Waals surface area contributed by atoms with Gasteiger partial charge in [0, 0.05) is 43.0 Å². The summed E-state index contributed by atoms with van der Waals surface area (Å²) in [4.78, 5) is 20.5. The molecule has 1 aromatic carbocycles. The molecule has 0 N–H and O–H groups in total. The highest BCUT2D eigenvalue weighted by atomic mass is 16.2. The molecule has 170 valence electrons. The first-order valence-corrected chi connectivity index (χ1v) is 13.1. The standard InChI is InChI=1S/C27H41N3O/c1-2-23-6-3-4-17-30(23)26(31)22-9-11-25(12-10-22)29-20-15-27(16-21-29)13-18-28(19-14-27)24-7-5-8-24/h9-12,23-24H,2-8,13-21H2,1H3. The summed E-state index contributed by atoms with van der Waals surface area (Å²) in [5, 5.41) is 0. The van der Waals surface area contributed by atoms with Crippen molar-refractivity contribution in [2.24, 2.45) is 5.41 Å². The molecule has 3 aliphatic heterocycles. The first-order chi connectivity index (χ1) is 15.2. The van der Waals surface area contributed by atoms with E-state index in [1.165, 1.54) is 83.2 Å². The molecule has 0 bridgehead atoms. The van der Waals surface area contributed by atoms with Crippen LogP contribution in [-0.4, -0.2) is 60.5 Å². The van der Waals surface area contributed by atoms with Crippen molar-refractivity contribution in [3.8, 4) is 0 Å². The van der Waals surface area contributed by atoms with Crippen molar-refractivity contribution in [3.63, 3.8) is 0 Å². The molecular formula is C27H41N3O. The summed E-state index contributed by atoms with van der Waals surface area (Å²) in [6.07, 6.45) is 14.4. The molecule has 4 heteroatoms. The highest BCUT2D eigenvalue weighted by molar-refractivity contribution is 5.94. The maximum atomic E-state index is 13.1. The van der Waals surface area contributed by atoms with Crippen LogP contribution in [-0.2, 0) is 0 Å². The fraction of sp³-hybridized carbons (Fsp3) is 0.741. The van der Waals surface area contributed by atoms with Crippen molar-refractivity contribution in [3.05, 3.63) is 29.8 Å². The lowest BCUT2D eigenvalue weighted by Gasteiger charge is -2.50. The zero-order valence-electron chi connectivity index (χ0n) is 19.5. The van der Waals surface area contributed by atoms with Gasteiger partial charge >= 0.3 is 0 Å². The van der Waals surface area contributed by atoms with Crippen molar-refractivity contribution >= 4 is 11.6 Å². The molecule has 4 fully saturated rings. The fourth-order valence-electron chi connectivity index (χ4n) is 6.53. The molecule has 0 radical (unpaired) electrons. The number of nitrogens with zero attached hydrogens (tertiary/aromatic N) is 3. The minimum atomic E-state index is 0.230. The molecule has 3 heterocycles. The number of carbonyl (C=O) groups excluding carboxylic acids is 1. The number of benzene rings is 1. The molecule has 1 amide bonds. The van der Waals surface area contributed by atoms with E-state index < -0.39 is 0 Å². The Hall–Kier alpha value is -1.55. The van der Waals surface area contributed by atoms with Crippen molar-refractivity contribution in [1.29, 1.82) is 0 Å². The highest BCUT2D eigenvalue weighted by Gasteiger charge is 2.39. The number of piperidine rings is 3. The smallest absolute Gasteiger partial charge is 0.254 e. The van der Waals surface area contributed by atoms with E-state index >= 15 is 0 Å². The van der Waals surface area contributed by atoms with Gasteiger partial charge < -0.3 is 14.7 Å². The van der Waals surface area contributed by atoms with Gasteiger partial charge in [0.25, 0.3) is 5.91 Å². The molecule has 4 nitrogen and oxygen atoms in total. The largest absolute Gasteiger partial charge is 0.371 e. The molecule has 1 unspecified atom stereocenters. The summed E-state index contributed by atoms with van der Waals surface area (Å²) in [6, 6.07) is 9.86. The summed E-state index contributed by atoms with van der Waals surface area (Å²) >= 11 is 0. The molecule has 31 heavy (non-hydrogen) atoms. The normalized spacial score (nSPS) is 27.3. The van der Waals surface area contributed by atoms with E-state index in [9.17, 15) is 4.79 Å². The van der Waals surface area contributed by atoms with Crippen LogP contribution in [0.2, 0.25) is 0 Å². The number of rotatable bonds is 4. The van der Waals surface area contributed by atoms with Crippen molar-refractivity contribution < 1.29 is 4.79 Å². The summed E-state index contributed by atoms with van der Waals surface area (Å²) in [5.41, 5.74) is 2.75. The Bertz CT molecular complexity index is 738. The van der Waals surface area contributed by atoms with Gasteiger partial charge in [0.15, 0.2) is 0 Å². The van der Waals surface area contributed by atoms with Crippen LogP contribution in [0.25, 0.3) is 0 Å². The lowest BCUT2D eigenvalue weighted by Crippen LogP contribution is -2.50. The molecule has 1 aliphatic carbocycles. The van der Waals surface area contributed by atoms with Gasteiger partial charge in [-0.05, 0) is 107 Å². The van der Waals surface area contributed by atoms with E-state index in [0.29, 0.717) is 11.5 Å². The molecule has 3 saturated heterocycles. The van der Waals surface area contributed by atoms with Crippen molar-refractivity contribution in [1.82, 2.24) is 9.80 Å². The topological polar surface area (TPSA) is 26.8 Å².